The zero-order valence-electron chi connectivity index (χ0n) is 10.2. The molecule has 0 aliphatic heterocycles. The number of hydrogen-bond donors (Lipinski definition) is 2. The van der Waals surface area contributed by atoms with Crippen molar-refractivity contribution in [2.75, 3.05) is 11.9 Å². The van der Waals surface area contributed by atoms with Gasteiger partial charge in [0.2, 0.25) is 0 Å². The summed E-state index contributed by atoms with van der Waals surface area (Å²) in [5.41, 5.74) is 1.50. The van der Waals surface area contributed by atoms with Gasteiger partial charge in [-0.1, -0.05) is 39.1 Å². The van der Waals surface area contributed by atoms with E-state index in [1.807, 2.05) is 18.2 Å². The van der Waals surface area contributed by atoms with E-state index in [0.717, 1.165) is 14.6 Å². The summed E-state index contributed by atoms with van der Waals surface area (Å²) in [6.45, 7) is 0.334. The third kappa shape index (κ3) is 4.12. The van der Waals surface area contributed by atoms with Crippen LogP contribution in [0.3, 0.4) is 0 Å². The highest BCUT2D eigenvalue weighted by molar-refractivity contribution is 9.11. The molecular formula is C14H11Br2Cl2NO. The van der Waals surface area contributed by atoms with E-state index in [4.69, 9.17) is 23.2 Å². The third-order valence-electron chi connectivity index (χ3n) is 2.73. The molecule has 2 N–H and O–H groups in total. The monoisotopic (exact) mass is 437 g/mol. The van der Waals surface area contributed by atoms with Crippen LogP contribution < -0.4 is 5.32 Å². The first kappa shape index (κ1) is 16.1. The highest BCUT2D eigenvalue weighted by atomic mass is 79.9. The SMILES string of the molecule is OC(CNc1ccc(Br)cc1Br)c1cc(Cl)ccc1Cl. The van der Waals surface area contributed by atoms with Crippen molar-refractivity contribution in [2.24, 2.45) is 0 Å². The zero-order chi connectivity index (χ0) is 14.7. The van der Waals surface area contributed by atoms with Gasteiger partial charge in [0.15, 0.2) is 0 Å². The molecule has 2 aromatic rings. The molecule has 20 heavy (non-hydrogen) atoms. The van der Waals surface area contributed by atoms with E-state index in [2.05, 4.69) is 37.2 Å². The second kappa shape index (κ2) is 7.14. The lowest BCUT2D eigenvalue weighted by Gasteiger charge is -2.16. The number of halogens is 4. The normalized spacial score (nSPS) is 12.2. The number of anilines is 1. The van der Waals surface area contributed by atoms with Crippen molar-refractivity contribution in [1.29, 1.82) is 0 Å². The van der Waals surface area contributed by atoms with Crippen molar-refractivity contribution >= 4 is 60.7 Å². The summed E-state index contributed by atoms with van der Waals surface area (Å²) in [6.07, 6.45) is -0.739. The number of hydrogen-bond acceptors (Lipinski definition) is 2. The average molecular weight is 440 g/mol. The summed E-state index contributed by atoms with van der Waals surface area (Å²) in [6, 6.07) is 10.8. The Bertz CT molecular complexity index is 622. The number of benzene rings is 2. The number of aliphatic hydroxyl groups excluding tert-OH is 1. The van der Waals surface area contributed by atoms with Gasteiger partial charge in [0.1, 0.15) is 0 Å². The molecule has 2 aromatic carbocycles. The van der Waals surface area contributed by atoms with Crippen LogP contribution in [0.2, 0.25) is 10.0 Å². The Kier molecular flexibility index (Phi) is 5.75. The van der Waals surface area contributed by atoms with Crippen LogP contribution in [-0.4, -0.2) is 11.7 Å². The van der Waals surface area contributed by atoms with Crippen molar-refractivity contribution in [2.45, 2.75) is 6.10 Å². The molecule has 0 bridgehead atoms. The smallest absolute Gasteiger partial charge is 0.0977 e. The van der Waals surface area contributed by atoms with Crippen LogP contribution in [0.4, 0.5) is 5.69 Å². The summed E-state index contributed by atoms with van der Waals surface area (Å²) >= 11 is 18.8. The van der Waals surface area contributed by atoms with Crippen LogP contribution in [0.25, 0.3) is 0 Å². The zero-order valence-corrected chi connectivity index (χ0v) is 14.9. The molecule has 0 aromatic heterocycles. The third-order valence-corrected chi connectivity index (χ3v) is 4.46. The molecule has 0 amide bonds. The lowest BCUT2D eigenvalue weighted by Crippen LogP contribution is -2.12. The molecule has 0 saturated carbocycles. The van der Waals surface area contributed by atoms with Crippen molar-refractivity contribution in [3.8, 4) is 0 Å². The quantitative estimate of drug-likeness (QED) is 0.643. The summed E-state index contributed by atoms with van der Waals surface area (Å²) < 4.78 is 1.89. The molecule has 1 unspecified atom stereocenters. The molecule has 2 nitrogen and oxygen atoms in total. The number of aliphatic hydroxyl groups is 1. The minimum absolute atomic E-state index is 0.334. The van der Waals surface area contributed by atoms with Gasteiger partial charge in [-0.15, -0.1) is 0 Å². The minimum atomic E-state index is -0.739. The molecule has 6 heteroatoms. The molecule has 0 aliphatic rings. The van der Waals surface area contributed by atoms with Gasteiger partial charge in [-0.25, -0.2) is 0 Å². The van der Waals surface area contributed by atoms with Crippen LogP contribution in [-0.2, 0) is 0 Å². The number of nitrogens with one attached hydrogen (secondary N) is 1. The fraction of sp³-hybridized carbons (Fsp3) is 0.143. The summed E-state index contributed by atoms with van der Waals surface area (Å²) in [4.78, 5) is 0. The lowest BCUT2D eigenvalue weighted by atomic mass is 10.1. The van der Waals surface area contributed by atoms with Gasteiger partial charge in [0, 0.05) is 36.8 Å². The van der Waals surface area contributed by atoms with Gasteiger partial charge < -0.3 is 10.4 Å². The second-order valence-electron chi connectivity index (χ2n) is 4.19. The largest absolute Gasteiger partial charge is 0.387 e. The highest BCUT2D eigenvalue weighted by Crippen LogP contribution is 2.29. The lowest BCUT2D eigenvalue weighted by molar-refractivity contribution is 0.191. The fourth-order valence-corrected chi connectivity index (χ4v) is 3.33. The average Bonchev–Trinajstić information content (AvgIpc) is 2.40. The highest BCUT2D eigenvalue weighted by Gasteiger charge is 2.12. The first-order valence-corrected chi connectivity index (χ1v) is 8.13. The van der Waals surface area contributed by atoms with Gasteiger partial charge in [0.25, 0.3) is 0 Å². The topological polar surface area (TPSA) is 32.3 Å². The maximum Gasteiger partial charge on any atom is 0.0977 e. The molecular weight excluding hydrogens is 429 g/mol. The first-order chi connectivity index (χ1) is 9.47. The van der Waals surface area contributed by atoms with Crippen molar-refractivity contribution in [3.63, 3.8) is 0 Å². The number of rotatable bonds is 4. The minimum Gasteiger partial charge on any atom is -0.387 e. The fourth-order valence-electron chi connectivity index (χ4n) is 1.72. The predicted octanol–water partition coefficient (Wildman–Crippen LogP) is 5.66. The van der Waals surface area contributed by atoms with E-state index in [1.54, 1.807) is 18.2 Å². The van der Waals surface area contributed by atoms with Crippen LogP contribution in [0.5, 0.6) is 0 Å². The summed E-state index contributed by atoms with van der Waals surface area (Å²) in [7, 11) is 0. The molecule has 106 valence electrons. The van der Waals surface area contributed by atoms with E-state index in [1.165, 1.54) is 0 Å². The van der Waals surface area contributed by atoms with Gasteiger partial charge >= 0.3 is 0 Å². The van der Waals surface area contributed by atoms with Gasteiger partial charge in [-0.3, -0.25) is 0 Å². The molecule has 0 aliphatic carbocycles. The Morgan fingerprint density at radius 1 is 1.10 bits per heavy atom. The molecule has 0 spiro atoms. The maximum atomic E-state index is 10.2. The molecule has 0 radical (unpaired) electrons. The molecule has 1 atom stereocenters. The Hall–Kier alpha value is -0.260. The van der Waals surface area contributed by atoms with Crippen LogP contribution in [0.15, 0.2) is 45.3 Å². The molecule has 0 saturated heterocycles. The maximum absolute atomic E-state index is 10.2. The van der Waals surface area contributed by atoms with E-state index >= 15 is 0 Å². The van der Waals surface area contributed by atoms with Crippen molar-refractivity contribution in [3.05, 3.63) is 61.0 Å². The Balaban J connectivity index is 2.08. The molecule has 2 rings (SSSR count). The standard InChI is InChI=1S/C14H11Br2Cl2NO/c15-8-1-4-13(11(16)5-8)19-7-14(20)10-6-9(17)2-3-12(10)18/h1-6,14,19-20H,7H2. The van der Waals surface area contributed by atoms with E-state index < -0.39 is 6.10 Å². The van der Waals surface area contributed by atoms with Crippen molar-refractivity contribution < 1.29 is 5.11 Å². The van der Waals surface area contributed by atoms with Gasteiger partial charge in [-0.05, 0) is 52.3 Å². The van der Waals surface area contributed by atoms with Gasteiger partial charge in [0.05, 0.1) is 6.10 Å². The summed E-state index contributed by atoms with van der Waals surface area (Å²) in [5, 5.41) is 14.4. The Morgan fingerprint density at radius 3 is 2.55 bits per heavy atom. The van der Waals surface area contributed by atoms with Crippen molar-refractivity contribution in [1.82, 2.24) is 0 Å². The van der Waals surface area contributed by atoms with E-state index in [9.17, 15) is 5.11 Å². The molecule has 0 fully saturated rings. The van der Waals surface area contributed by atoms with Gasteiger partial charge in [-0.2, -0.15) is 0 Å². The Labute approximate surface area is 144 Å². The van der Waals surface area contributed by atoms with Crippen LogP contribution in [0.1, 0.15) is 11.7 Å². The van der Waals surface area contributed by atoms with E-state index in [0.29, 0.717) is 22.2 Å². The van der Waals surface area contributed by atoms with Crippen LogP contribution >= 0.6 is 55.1 Å². The first-order valence-electron chi connectivity index (χ1n) is 5.79. The predicted molar refractivity (Wildman–Crippen MR) is 91.8 cm³/mol. The van der Waals surface area contributed by atoms with E-state index in [-0.39, 0.29) is 0 Å². The van der Waals surface area contributed by atoms with Crippen LogP contribution in [0, 0.1) is 0 Å². The summed E-state index contributed by atoms with van der Waals surface area (Å²) in [5.74, 6) is 0. The Morgan fingerprint density at radius 2 is 1.85 bits per heavy atom. The second-order valence-corrected chi connectivity index (χ2v) is 6.80. The molecule has 0 heterocycles.